The van der Waals surface area contributed by atoms with Crippen molar-refractivity contribution in [1.82, 2.24) is 0 Å². The summed E-state index contributed by atoms with van der Waals surface area (Å²) in [6, 6.07) is 25.0. The number of nitrogens with one attached hydrogen (secondary N) is 1. The molecule has 5 heteroatoms. The highest BCUT2D eigenvalue weighted by atomic mass is 35.5. The Morgan fingerprint density at radius 1 is 0.900 bits per heavy atom. The number of carbonyl (C=O) groups excluding carboxylic acids is 1. The minimum absolute atomic E-state index is 0.180. The Labute approximate surface area is 181 Å². The van der Waals surface area contributed by atoms with Crippen LogP contribution in [0.1, 0.15) is 11.1 Å². The number of rotatable bonds is 5. The lowest BCUT2D eigenvalue weighted by Crippen LogP contribution is -2.36. The fourth-order valence-corrected chi connectivity index (χ4v) is 3.61. The van der Waals surface area contributed by atoms with Gasteiger partial charge in [0.2, 0.25) is 0 Å². The summed E-state index contributed by atoms with van der Waals surface area (Å²) in [6.45, 7) is 3.24. The Balaban J connectivity index is 1.57. The number of nitrogens with zero attached hydrogens (tertiary/aromatic N) is 1. The number of morpholine rings is 1. The van der Waals surface area contributed by atoms with Crippen molar-refractivity contribution < 1.29 is 9.53 Å². The van der Waals surface area contributed by atoms with Crippen molar-refractivity contribution in [3.8, 4) is 0 Å². The molecule has 1 heterocycles. The first-order chi connectivity index (χ1) is 14.7. The largest absolute Gasteiger partial charge is 0.378 e. The molecule has 3 aromatic rings. The van der Waals surface area contributed by atoms with Gasteiger partial charge in [-0.3, -0.25) is 4.79 Å². The number of hydrogen-bond donors (Lipinski definition) is 1. The molecule has 3 aromatic carbocycles. The van der Waals surface area contributed by atoms with E-state index in [0.717, 1.165) is 48.8 Å². The lowest BCUT2D eigenvalue weighted by Gasteiger charge is -2.28. The van der Waals surface area contributed by atoms with Gasteiger partial charge < -0.3 is 15.0 Å². The van der Waals surface area contributed by atoms with Crippen LogP contribution in [-0.4, -0.2) is 32.2 Å². The summed E-state index contributed by atoms with van der Waals surface area (Å²) in [5, 5.41) is 3.62. The summed E-state index contributed by atoms with van der Waals surface area (Å²) in [5.41, 5.74) is 4.07. The van der Waals surface area contributed by atoms with E-state index in [0.29, 0.717) is 10.6 Å². The van der Waals surface area contributed by atoms with E-state index in [1.54, 1.807) is 0 Å². The van der Waals surface area contributed by atoms with Crippen LogP contribution in [0.2, 0.25) is 5.02 Å². The van der Waals surface area contributed by atoms with E-state index in [9.17, 15) is 4.79 Å². The van der Waals surface area contributed by atoms with Crippen LogP contribution in [0.5, 0.6) is 0 Å². The molecule has 152 valence electrons. The summed E-state index contributed by atoms with van der Waals surface area (Å²) < 4.78 is 5.41. The van der Waals surface area contributed by atoms with Gasteiger partial charge in [0.25, 0.3) is 5.91 Å². The summed E-state index contributed by atoms with van der Waals surface area (Å²) in [4.78, 5) is 15.4. The number of benzene rings is 3. The quantitative estimate of drug-likeness (QED) is 0.448. The molecule has 30 heavy (non-hydrogen) atoms. The smallest absolute Gasteiger partial charge is 0.256 e. The van der Waals surface area contributed by atoms with E-state index in [-0.39, 0.29) is 5.91 Å². The number of anilines is 2. The second kappa shape index (κ2) is 9.61. The molecule has 0 saturated carbocycles. The fraction of sp³-hybridized carbons (Fsp3) is 0.160. The Morgan fingerprint density at radius 2 is 1.57 bits per heavy atom. The molecular formula is C25H23ClN2O2. The lowest BCUT2D eigenvalue weighted by molar-refractivity contribution is -0.111. The van der Waals surface area contributed by atoms with Crippen LogP contribution in [0, 0.1) is 0 Å². The summed E-state index contributed by atoms with van der Waals surface area (Å²) in [7, 11) is 0. The molecule has 4 rings (SSSR count). The Morgan fingerprint density at radius 3 is 2.27 bits per heavy atom. The molecule has 1 amide bonds. The molecule has 0 spiro atoms. The second-order valence-electron chi connectivity index (χ2n) is 7.05. The molecule has 1 aliphatic rings. The first-order valence-corrected chi connectivity index (χ1v) is 10.3. The van der Waals surface area contributed by atoms with Crippen LogP contribution >= 0.6 is 11.6 Å². The highest BCUT2D eigenvalue weighted by Gasteiger charge is 2.15. The molecule has 0 radical (unpaired) electrons. The summed E-state index contributed by atoms with van der Waals surface area (Å²) in [6.07, 6.45) is 1.83. The third kappa shape index (κ3) is 4.90. The summed E-state index contributed by atoms with van der Waals surface area (Å²) in [5.74, 6) is -0.180. The van der Waals surface area contributed by atoms with Gasteiger partial charge in [-0.05, 0) is 47.5 Å². The van der Waals surface area contributed by atoms with Crippen molar-refractivity contribution in [2.45, 2.75) is 0 Å². The molecule has 0 aromatic heterocycles. The zero-order valence-electron chi connectivity index (χ0n) is 16.6. The highest BCUT2D eigenvalue weighted by Crippen LogP contribution is 2.25. The van der Waals surface area contributed by atoms with Gasteiger partial charge >= 0.3 is 0 Å². The van der Waals surface area contributed by atoms with Crippen molar-refractivity contribution >= 4 is 40.5 Å². The monoisotopic (exact) mass is 418 g/mol. The zero-order chi connectivity index (χ0) is 20.8. The van der Waals surface area contributed by atoms with Gasteiger partial charge in [0.15, 0.2) is 0 Å². The number of amides is 1. The van der Waals surface area contributed by atoms with E-state index >= 15 is 0 Å². The van der Waals surface area contributed by atoms with E-state index in [2.05, 4.69) is 10.2 Å². The SMILES string of the molecule is O=C(Nc1ccc(N2CCOCC2)cc1)/C(=C/c1ccccc1Cl)c1ccccc1. The standard InChI is InChI=1S/C25H23ClN2O2/c26-24-9-5-4-8-20(24)18-23(19-6-2-1-3-7-19)25(29)27-21-10-12-22(13-11-21)28-14-16-30-17-15-28/h1-13,18H,14-17H2,(H,27,29)/b23-18+. The molecule has 1 aliphatic heterocycles. The maximum atomic E-state index is 13.2. The predicted octanol–water partition coefficient (Wildman–Crippen LogP) is 5.36. The minimum Gasteiger partial charge on any atom is -0.378 e. The van der Waals surface area contributed by atoms with Gasteiger partial charge in [0.05, 0.1) is 13.2 Å². The average Bonchev–Trinajstić information content (AvgIpc) is 2.80. The van der Waals surface area contributed by atoms with Gasteiger partial charge in [-0.25, -0.2) is 0 Å². The number of carbonyl (C=O) groups is 1. The molecule has 1 saturated heterocycles. The van der Waals surface area contributed by atoms with Gasteiger partial charge in [-0.1, -0.05) is 60.1 Å². The van der Waals surface area contributed by atoms with Crippen molar-refractivity contribution in [2.24, 2.45) is 0 Å². The third-order valence-corrected chi connectivity index (χ3v) is 5.38. The zero-order valence-corrected chi connectivity index (χ0v) is 17.3. The maximum Gasteiger partial charge on any atom is 0.256 e. The normalized spacial score (nSPS) is 14.4. The first-order valence-electron chi connectivity index (χ1n) is 9.96. The number of hydrogen-bond acceptors (Lipinski definition) is 3. The Bertz CT molecular complexity index is 1030. The topological polar surface area (TPSA) is 41.6 Å². The maximum absolute atomic E-state index is 13.2. The van der Waals surface area contributed by atoms with Crippen molar-refractivity contribution in [1.29, 1.82) is 0 Å². The molecule has 0 aliphatic carbocycles. The molecule has 4 nitrogen and oxygen atoms in total. The van der Waals surface area contributed by atoms with Crippen LogP contribution < -0.4 is 10.2 Å². The van der Waals surface area contributed by atoms with Crippen LogP contribution in [-0.2, 0) is 9.53 Å². The van der Waals surface area contributed by atoms with Crippen LogP contribution in [0.25, 0.3) is 11.6 Å². The molecule has 0 unspecified atom stereocenters. The molecule has 0 atom stereocenters. The number of ether oxygens (including phenoxy) is 1. The van der Waals surface area contributed by atoms with E-state index in [1.807, 2.05) is 84.9 Å². The van der Waals surface area contributed by atoms with Gasteiger partial charge in [-0.2, -0.15) is 0 Å². The molecule has 1 fully saturated rings. The van der Waals surface area contributed by atoms with E-state index in [1.165, 1.54) is 0 Å². The Hall–Kier alpha value is -3.08. The molecular weight excluding hydrogens is 396 g/mol. The van der Waals surface area contributed by atoms with Gasteiger partial charge in [0, 0.05) is 35.1 Å². The van der Waals surface area contributed by atoms with Gasteiger partial charge in [-0.15, -0.1) is 0 Å². The predicted molar refractivity (Wildman–Crippen MR) is 124 cm³/mol. The van der Waals surface area contributed by atoms with E-state index < -0.39 is 0 Å². The Kier molecular flexibility index (Phi) is 6.47. The van der Waals surface area contributed by atoms with Crippen molar-refractivity contribution in [3.05, 3.63) is 95.0 Å². The van der Waals surface area contributed by atoms with E-state index in [4.69, 9.17) is 16.3 Å². The third-order valence-electron chi connectivity index (χ3n) is 5.04. The molecule has 0 bridgehead atoms. The minimum atomic E-state index is -0.180. The lowest BCUT2D eigenvalue weighted by atomic mass is 10.0. The van der Waals surface area contributed by atoms with Gasteiger partial charge in [0.1, 0.15) is 0 Å². The fourth-order valence-electron chi connectivity index (χ4n) is 3.42. The van der Waals surface area contributed by atoms with Crippen molar-refractivity contribution in [3.63, 3.8) is 0 Å². The van der Waals surface area contributed by atoms with Crippen LogP contribution in [0.4, 0.5) is 11.4 Å². The first kappa shape index (κ1) is 20.2. The molecule has 1 N–H and O–H groups in total. The average molecular weight is 419 g/mol. The second-order valence-corrected chi connectivity index (χ2v) is 7.45. The number of halogens is 1. The van der Waals surface area contributed by atoms with Crippen LogP contribution in [0.3, 0.4) is 0 Å². The highest BCUT2D eigenvalue weighted by molar-refractivity contribution is 6.34. The summed E-state index contributed by atoms with van der Waals surface area (Å²) >= 11 is 6.32. The van der Waals surface area contributed by atoms with Crippen LogP contribution in [0.15, 0.2) is 78.9 Å². The van der Waals surface area contributed by atoms with Crippen molar-refractivity contribution in [2.75, 3.05) is 36.5 Å².